The lowest BCUT2D eigenvalue weighted by atomic mass is 9.94. The van der Waals surface area contributed by atoms with Crippen molar-refractivity contribution in [3.8, 4) is 5.75 Å². The summed E-state index contributed by atoms with van der Waals surface area (Å²) in [6, 6.07) is 11.9. The number of carbonyl (C=O) groups is 1. The number of benzene rings is 2. The number of rotatable bonds is 4. The van der Waals surface area contributed by atoms with Gasteiger partial charge in [0.15, 0.2) is 0 Å². The molecule has 6 heteroatoms. The molecule has 2 atom stereocenters. The SMILES string of the molecule is CC1(C)CNc2cc(Cc3cc([C@H]4CC(=O)C[C@@H](CO)O4)ccc3Cl)ccc2O1. The third kappa shape index (κ3) is 4.58. The fraction of sp³-hybridized carbons (Fsp3) is 0.435. The number of carbonyl (C=O) groups excluding carboxylic acids is 1. The van der Waals surface area contributed by atoms with Gasteiger partial charge in [-0.25, -0.2) is 0 Å². The first-order valence-corrected chi connectivity index (χ1v) is 10.3. The number of ketones is 1. The summed E-state index contributed by atoms with van der Waals surface area (Å²) in [6.07, 6.45) is 0.485. The van der Waals surface area contributed by atoms with Gasteiger partial charge in [0.1, 0.15) is 17.1 Å². The van der Waals surface area contributed by atoms with Crippen LogP contribution in [0.2, 0.25) is 5.02 Å². The number of nitrogens with one attached hydrogen (secondary N) is 1. The molecule has 5 nitrogen and oxygen atoms in total. The lowest BCUT2D eigenvalue weighted by molar-refractivity contribution is -0.139. The molecule has 1 fully saturated rings. The number of anilines is 1. The molecule has 2 aromatic carbocycles. The molecule has 0 radical (unpaired) electrons. The third-order valence-corrected chi connectivity index (χ3v) is 5.77. The number of hydrogen-bond acceptors (Lipinski definition) is 5. The summed E-state index contributed by atoms with van der Waals surface area (Å²) >= 11 is 6.46. The van der Waals surface area contributed by atoms with Gasteiger partial charge in [-0.1, -0.05) is 29.8 Å². The first kappa shape index (κ1) is 20.2. The summed E-state index contributed by atoms with van der Waals surface area (Å²) in [5.41, 5.74) is 3.77. The van der Waals surface area contributed by atoms with Crippen LogP contribution in [0.25, 0.3) is 0 Å². The van der Waals surface area contributed by atoms with E-state index in [1.54, 1.807) is 0 Å². The number of fused-ring (bicyclic) bond motifs is 1. The third-order valence-electron chi connectivity index (χ3n) is 5.40. The molecule has 29 heavy (non-hydrogen) atoms. The van der Waals surface area contributed by atoms with Crippen LogP contribution in [-0.4, -0.2) is 35.7 Å². The molecule has 2 aliphatic heterocycles. The van der Waals surface area contributed by atoms with Gasteiger partial charge in [0.2, 0.25) is 0 Å². The number of ether oxygens (including phenoxy) is 2. The summed E-state index contributed by atoms with van der Waals surface area (Å²) < 4.78 is 11.9. The number of hydrogen-bond donors (Lipinski definition) is 2. The molecule has 1 saturated heterocycles. The normalized spacial score (nSPS) is 23.1. The number of halogens is 1. The Morgan fingerprint density at radius 2 is 2.03 bits per heavy atom. The van der Waals surface area contributed by atoms with Gasteiger partial charge >= 0.3 is 0 Å². The maximum absolute atomic E-state index is 12.0. The van der Waals surface area contributed by atoms with Gasteiger partial charge in [-0.3, -0.25) is 4.79 Å². The van der Waals surface area contributed by atoms with E-state index >= 15 is 0 Å². The van der Waals surface area contributed by atoms with Crippen molar-refractivity contribution in [1.82, 2.24) is 0 Å². The van der Waals surface area contributed by atoms with Gasteiger partial charge in [0.05, 0.1) is 31.0 Å². The molecule has 0 aliphatic carbocycles. The van der Waals surface area contributed by atoms with E-state index in [-0.39, 0.29) is 30.5 Å². The molecule has 4 rings (SSSR count). The van der Waals surface area contributed by atoms with Crippen LogP contribution in [0.15, 0.2) is 36.4 Å². The lowest BCUT2D eigenvalue weighted by Gasteiger charge is -2.33. The minimum Gasteiger partial charge on any atom is -0.484 e. The van der Waals surface area contributed by atoms with Crippen LogP contribution < -0.4 is 10.1 Å². The summed E-state index contributed by atoms with van der Waals surface area (Å²) in [5.74, 6) is 0.967. The Morgan fingerprint density at radius 3 is 2.83 bits per heavy atom. The average Bonchev–Trinajstić information content (AvgIpc) is 2.68. The van der Waals surface area contributed by atoms with Gasteiger partial charge in [-0.15, -0.1) is 0 Å². The molecule has 2 heterocycles. The Labute approximate surface area is 176 Å². The average molecular weight is 416 g/mol. The number of Topliss-reactive ketones (excluding diaryl/α,β-unsaturated/α-hetero) is 1. The molecular formula is C23H26ClNO4. The van der Waals surface area contributed by atoms with E-state index in [2.05, 4.69) is 25.2 Å². The van der Waals surface area contributed by atoms with Crippen molar-refractivity contribution in [3.05, 3.63) is 58.1 Å². The fourth-order valence-electron chi connectivity index (χ4n) is 3.88. The molecular weight excluding hydrogens is 390 g/mol. The summed E-state index contributed by atoms with van der Waals surface area (Å²) in [6.45, 7) is 4.71. The van der Waals surface area contributed by atoms with Crippen molar-refractivity contribution in [1.29, 1.82) is 0 Å². The quantitative estimate of drug-likeness (QED) is 0.779. The zero-order valence-corrected chi connectivity index (χ0v) is 17.5. The highest BCUT2D eigenvalue weighted by molar-refractivity contribution is 6.31. The largest absolute Gasteiger partial charge is 0.484 e. The van der Waals surface area contributed by atoms with Crippen molar-refractivity contribution in [2.24, 2.45) is 0 Å². The molecule has 0 unspecified atom stereocenters. The maximum atomic E-state index is 12.0. The molecule has 0 spiro atoms. The van der Waals surface area contributed by atoms with Crippen LogP contribution in [0.1, 0.15) is 49.5 Å². The zero-order valence-electron chi connectivity index (χ0n) is 16.7. The van der Waals surface area contributed by atoms with Crippen molar-refractivity contribution in [2.75, 3.05) is 18.5 Å². The Hall–Kier alpha value is -2.08. The van der Waals surface area contributed by atoms with E-state index in [0.717, 1.165) is 34.7 Å². The summed E-state index contributed by atoms with van der Waals surface area (Å²) in [4.78, 5) is 12.0. The van der Waals surface area contributed by atoms with Crippen molar-refractivity contribution < 1.29 is 19.4 Å². The molecule has 0 bridgehead atoms. The molecule has 0 amide bonds. The highest BCUT2D eigenvalue weighted by Crippen LogP contribution is 2.35. The van der Waals surface area contributed by atoms with Crippen LogP contribution in [0, 0.1) is 0 Å². The van der Waals surface area contributed by atoms with E-state index in [1.807, 2.05) is 30.3 Å². The van der Waals surface area contributed by atoms with E-state index in [0.29, 0.717) is 17.9 Å². The second-order valence-electron chi connectivity index (χ2n) is 8.45. The number of aliphatic hydroxyl groups excluding tert-OH is 1. The van der Waals surface area contributed by atoms with E-state index in [9.17, 15) is 9.90 Å². The van der Waals surface area contributed by atoms with Crippen LogP contribution >= 0.6 is 11.6 Å². The van der Waals surface area contributed by atoms with Crippen LogP contribution in [-0.2, 0) is 16.0 Å². The Morgan fingerprint density at radius 1 is 1.21 bits per heavy atom. The minimum absolute atomic E-state index is 0.112. The molecule has 0 saturated carbocycles. The zero-order chi connectivity index (χ0) is 20.6. The van der Waals surface area contributed by atoms with Crippen LogP contribution in [0.4, 0.5) is 5.69 Å². The topological polar surface area (TPSA) is 67.8 Å². The first-order valence-electron chi connectivity index (χ1n) is 9.95. The van der Waals surface area contributed by atoms with E-state index < -0.39 is 6.10 Å². The Balaban J connectivity index is 1.55. The van der Waals surface area contributed by atoms with Gasteiger partial charge in [-0.2, -0.15) is 0 Å². The predicted octanol–water partition coefficient (Wildman–Crippen LogP) is 4.30. The van der Waals surface area contributed by atoms with Gasteiger partial charge in [0, 0.05) is 17.9 Å². The standard InChI is InChI=1S/C23H26ClNO4/c1-23(2)13-25-20-8-14(3-6-21(20)29-23)7-16-9-15(4-5-19(16)24)22-11-17(27)10-18(12-26)28-22/h3-6,8-9,18,22,25-26H,7,10-13H2,1-2H3/t18-,22+/m0/s1. The monoisotopic (exact) mass is 415 g/mol. The summed E-state index contributed by atoms with van der Waals surface area (Å²) in [7, 11) is 0. The second-order valence-corrected chi connectivity index (χ2v) is 8.86. The molecule has 2 aromatic rings. The van der Waals surface area contributed by atoms with E-state index in [4.69, 9.17) is 21.1 Å². The Bertz CT molecular complexity index is 927. The molecule has 2 aliphatic rings. The summed E-state index contributed by atoms with van der Waals surface area (Å²) in [5, 5.41) is 13.5. The molecule has 0 aromatic heterocycles. The highest BCUT2D eigenvalue weighted by atomic mass is 35.5. The molecule has 154 valence electrons. The molecule has 2 N–H and O–H groups in total. The maximum Gasteiger partial charge on any atom is 0.143 e. The highest BCUT2D eigenvalue weighted by Gasteiger charge is 2.29. The first-order chi connectivity index (χ1) is 13.8. The predicted molar refractivity (Wildman–Crippen MR) is 113 cm³/mol. The van der Waals surface area contributed by atoms with Gasteiger partial charge in [-0.05, 0) is 55.2 Å². The minimum atomic E-state index is -0.434. The smallest absolute Gasteiger partial charge is 0.143 e. The van der Waals surface area contributed by atoms with Crippen molar-refractivity contribution in [2.45, 2.75) is 50.9 Å². The second kappa shape index (κ2) is 7.98. The van der Waals surface area contributed by atoms with Crippen molar-refractivity contribution in [3.63, 3.8) is 0 Å². The van der Waals surface area contributed by atoms with Gasteiger partial charge < -0.3 is 19.9 Å². The van der Waals surface area contributed by atoms with Crippen LogP contribution in [0.5, 0.6) is 5.75 Å². The number of aliphatic hydroxyl groups is 1. The van der Waals surface area contributed by atoms with Crippen molar-refractivity contribution >= 4 is 23.1 Å². The van der Waals surface area contributed by atoms with Crippen LogP contribution in [0.3, 0.4) is 0 Å². The lowest BCUT2D eigenvalue weighted by Crippen LogP contribution is -2.40. The Kier molecular flexibility index (Phi) is 5.56. The fourth-order valence-corrected chi connectivity index (χ4v) is 4.07. The van der Waals surface area contributed by atoms with Gasteiger partial charge in [0.25, 0.3) is 0 Å². The van der Waals surface area contributed by atoms with E-state index in [1.165, 1.54) is 0 Å².